The summed E-state index contributed by atoms with van der Waals surface area (Å²) >= 11 is 6.17. The summed E-state index contributed by atoms with van der Waals surface area (Å²) in [6.07, 6.45) is 1.73. The zero-order chi connectivity index (χ0) is 19.8. The molecule has 0 amide bonds. The van der Waals surface area contributed by atoms with Gasteiger partial charge in [-0.05, 0) is 37.1 Å². The molecule has 0 atom stereocenters. The lowest BCUT2D eigenvalue weighted by Gasteiger charge is -2.30. The summed E-state index contributed by atoms with van der Waals surface area (Å²) in [6, 6.07) is 8.30. The van der Waals surface area contributed by atoms with Gasteiger partial charge in [0.25, 0.3) is 0 Å². The van der Waals surface area contributed by atoms with E-state index < -0.39 is 0 Å². The van der Waals surface area contributed by atoms with Crippen LogP contribution in [0, 0.1) is 12.7 Å². The molecule has 0 aliphatic carbocycles. The van der Waals surface area contributed by atoms with Gasteiger partial charge in [0.2, 0.25) is 0 Å². The van der Waals surface area contributed by atoms with Crippen LogP contribution in [0.5, 0.6) is 5.75 Å². The highest BCUT2D eigenvalue weighted by molar-refractivity contribution is 6.31. The second-order valence-corrected chi connectivity index (χ2v) is 7.58. The lowest BCUT2D eigenvalue weighted by Crippen LogP contribution is -2.32. The van der Waals surface area contributed by atoms with Gasteiger partial charge in [-0.15, -0.1) is 0 Å². The standard InChI is InChI=1S/C22H21ClFNO3/c1-3-5-14-9-20(26)28-22-13(2)21-15(8-16(14)22)10-25(12-27-21)11-17-18(23)6-4-7-19(17)24/h4,6-9H,3,5,10-12H2,1-2H3. The molecular formula is C22H21ClFNO3. The minimum atomic E-state index is -0.342. The predicted octanol–water partition coefficient (Wildman–Crippen LogP) is 5.20. The fourth-order valence-electron chi connectivity index (χ4n) is 3.82. The normalized spacial score (nSPS) is 14.1. The molecule has 0 N–H and O–H groups in total. The van der Waals surface area contributed by atoms with E-state index in [2.05, 4.69) is 6.92 Å². The van der Waals surface area contributed by atoms with Gasteiger partial charge in [0, 0.05) is 46.3 Å². The van der Waals surface area contributed by atoms with Gasteiger partial charge in [-0.3, -0.25) is 4.90 Å². The van der Waals surface area contributed by atoms with Crippen LogP contribution in [0.15, 0.2) is 39.5 Å². The van der Waals surface area contributed by atoms with E-state index in [4.69, 9.17) is 20.8 Å². The van der Waals surface area contributed by atoms with Crippen molar-refractivity contribution in [3.63, 3.8) is 0 Å². The van der Waals surface area contributed by atoms with Crippen molar-refractivity contribution in [2.45, 2.75) is 39.8 Å². The Kier molecular flexibility index (Phi) is 5.13. The summed E-state index contributed by atoms with van der Waals surface area (Å²) in [5.74, 6) is 0.417. The average molecular weight is 402 g/mol. The Morgan fingerprint density at radius 1 is 1.29 bits per heavy atom. The van der Waals surface area contributed by atoms with Crippen molar-refractivity contribution >= 4 is 22.6 Å². The second-order valence-electron chi connectivity index (χ2n) is 7.17. The van der Waals surface area contributed by atoms with Gasteiger partial charge in [0.05, 0.1) is 0 Å². The van der Waals surface area contributed by atoms with Crippen molar-refractivity contribution in [1.29, 1.82) is 0 Å². The molecule has 3 aromatic rings. The predicted molar refractivity (Wildman–Crippen MR) is 107 cm³/mol. The number of rotatable bonds is 4. The first-order valence-electron chi connectivity index (χ1n) is 9.35. The van der Waals surface area contributed by atoms with E-state index in [9.17, 15) is 9.18 Å². The Morgan fingerprint density at radius 2 is 2.11 bits per heavy atom. The lowest BCUT2D eigenvalue weighted by molar-refractivity contribution is 0.0871. The largest absolute Gasteiger partial charge is 0.477 e. The molecule has 2 heterocycles. The van der Waals surface area contributed by atoms with Gasteiger partial charge in [-0.1, -0.05) is 31.0 Å². The van der Waals surface area contributed by atoms with Crippen LogP contribution in [0.3, 0.4) is 0 Å². The minimum Gasteiger partial charge on any atom is -0.477 e. The van der Waals surface area contributed by atoms with Crippen molar-refractivity contribution in [2.75, 3.05) is 6.73 Å². The van der Waals surface area contributed by atoms with Crippen LogP contribution in [-0.2, 0) is 19.5 Å². The zero-order valence-electron chi connectivity index (χ0n) is 15.9. The molecule has 1 aliphatic heterocycles. The first kappa shape index (κ1) is 19.0. The minimum absolute atomic E-state index is 0.308. The molecule has 0 saturated heterocycles. The maximum atomic E-state index is 14.2. The average Bonchev–Trinajstić information content (AvgIpc) is 2.66. The van der Waals surface area contributed by atoms with Crippen molar-refractivity contribution in [3.05, 3.63) is 73.8 Å². The topological polar surface area (TPSA) is 42.7 Å². The van der Waals surface area contributed by atoms with Gasteiger partial charge < -0.3 is 9.15 Å². The number of nitrogens with zero attached hydrogens (tertiary/aromatic N) is 1. The molecule has 0 saturated carbocycles. The Bertz CT molecular complexity index is 1090. The Labute approximate surface area is 167 Å². The monoisotopic (exact) mass is 401 g/mol. The van der Waals surface area contributed by atoms with Crippen molar-refractivity contribution in [2.24, 2.45) is 0 Å². The number of aryl methyl sites for hydroxylation is 2. The van der Waals surface area contributed by atoms with Crippen LogP contribution >= 0.6 is 11.6 Å². The number of halogens is 2. The van der Waals surface area contributed by atoms with Crippen LogP contribution < -0.4 is 10.4 Å². The number of hydrogen-bond acceptors (Lipinski definition) is 4. The third-order valence-corrected chi connectivity index (χ3v) is 5.48. The Hall–Kier alpha value is -2.37. The van der Waals surface area contributed by atoms with E-state index >= 15 is 0 Å². The number of ether oxygens (including phenoxy) is 1. The lowest BCUT2D eigenvalue weighted by atomic mass is 9.98. The molecule has 0 spiro atoms. The summed E-state index contributed by atoms with van der Waals surface area (Å²) in [5.41, 5.74) is 3.51. The number of fused-ring (bicyclic) bond motifs is 2. The molecule has 2 aromatic carbocycles. The molecule has 0 unspecified atom stereocenters. The first-order valence-corrected chi connectivity index (χ1v) is 9.73. The molecule has 6 heteroatoms. The van der Waals surface area contributed by atoms with Crippen LogP contribution in [0.2, 0.25) is 5.02 Å². The van der Waals surface area contributed by atoms with E-state index in [1.807, 2.05) is 17.9 Å². The van der Waals surface area contributed by atoms with Gasteiger partial charge in [0.1, 0.15) is 23.9 Å². The molecule has 4 rings (SSSR count). The smallest absolute Gasteiger partial charge is 0.336 e. The number of hydrogen-bond donors (Lipinski definition) is 0. The van der Waals surface area contributed by atoms with E-state index in [-0.39, 0.29) is 11.4 Å². The summed E-state index contributed by atoms with van der Waals surface area (Å²) in [7, 11) is 0. The van der Waals surface area contributed by atoms with Gasteiger partial charge in [0.15, 0.2) is 0 Å². The SMILES string of the molecule is CCCc1cc(=O)oc2c(C)c3c(cc12)CN(Cc1c(F)cccc1Cl)CO3. The molecule has 0 radical (unpaired) electrons. The Morgan fingerprint density at radius 3 is 2.86 bits per heavy atom. The third-order valence-electron chi connectivity index (χ3n) is 5.12. The van der Waals surface area contributed by atoms with Crippen molar-refractivity contribution < 1.29 is 13.5 Å². The Balaban J connectivity index is 1.73. The first-order chi connectivity index (χ1) is 13.5. The zero-order valence-corrected chi connectivity index (χ0v) is 16.6. The van der Waals surface area contributed by atoms with E-state index in [1.54, 1.807) is 18.2 Å². The quantitative estimate of drug-likeness (QED) is 0.563. The van der Waals surface area contributed by atoms with Gasteiger partial charge >= 0.3 is 5.63 Å². The van der Waals surface area contributed by atoms with Crippen LogP contribution in [0.1, 0.15) is 35.6 Å². The third kappa shape index (κ3) is 3.40. The van der Waals surface area contributed by atoms with E-state index in [0.717, 1.165) is 40.7 Å². The molecule has 4 nitrogen and oxygen atoms in total. The second kappa shape index (κ2) is 7.57. The number of benzene rings is 2. The van der Waals surface area contributed by atoms with Gasteiger partial charge in [-0.2, -0.15) is 0 Å². The molecule has 146 valence electrons. The summed E-state index contributed by atoms with van der Waals surface area (Å²) in [6.45, 7) is 5.25. The molecule has 0 bridgehead atoms. The van der Waals surface area contributed by atoms with Crippen LogP contribution in [0.4, 0.5) is 4.39 Å². The molecule has 1 aliphatic rings. The van der Waals surface area contributed by atoms with Crippen LogP contribution in [-0.4, -0.2) is 11.6 Å². The fraction of sp³-hybridized carbons (Fsp3) is 0.318. The molecule has 28 heavy (non-hydrogen) atoms. The molecule has 1 aromatic heterocycles. The highest BCUT2D eigenvalue weighted by Crippen LogP contribution is 2.36. The van der Waals surface area contributed by atoms with Gasteiger partial charge in [-0.25, -0.2) is 9.18 Å². The maximum absolute atomic E-state index is 14.2. The van der Waals surface area contributed by atoms with E-state index in [0.29, 0.717) is 36.0 Å². The fourth-order valence-corrected chi connectivity index (χ4v) is 4.04. The van der Waals surface area contributed by atoms with Crippen molar-refractivity contribution in [3.8, 4) is 5.75 Å². The van der Waals surface area contributed by atoms with E-state index in [1.165, 1.54) is 6.07 Å². The summed E-state index contributed by atoms with van der Waals surface area (Å²) in [5, 5.41) is 1.35. The highest BCUT2D eigenvalue weighted by atomic mass is 35.5. The van der Waals surface area contributed by atoms with Crippen molar-refractivity contribution in [1.82, 2.24) is 4.90 Å². The highest BCUT2D eigenvalue weighted by Gasteiger charge is 2.24. The van der Waals surface area contributed by atoms with Crippen LogP contribution in [0.25, 0.3) is 11.0 Å². The molecular weight excluding hydrogens is 381 g/mol. The summed E-state index contributed by atoms with van der Waals surface area (Å²) < 4.78 is 25.6. The summed E-state index contributed by atoms with van der Waals surface area (Å²) in [4.78, 5) is 14.0. The molecule has 0 fully saturated rings. The maximum Gasteiger partial charge on any atom is 0.336 e.